The van der Waals surface area contributed by atoms with Crippen LogP contribution in [-0.2, 0) is 4.74 Å². The van der Waals surface area contributed by atoms with Crippen LogP contribution in [0.15, 0.2) is 0 Å². The molecule has 1 unspecified atom stereocenters. The molecule has 1 fully saturated rings. The molecule has 4 heteroatoms. The zero-order valence-electron chi connectivity index (χ0n) is 16.3. The van der Waals surface area contributed by atoms with Crippen LogP contribution in [0.3, 0.4) is 0 Å². The lowest BCUT2D eigenvalue weighted by molar-refractivity contribution is 0.0506. The van der Waals surface area contributed by atoms with Gasteiger partial charge < -0.3 is 15.4 Å². The van der Waals surface area contributed by atoms with Gasteiger partial charge in [-0.05, 0) is 64.7 Å². The summed E-state index contributed by atoms with van der Waals surface area (Å²) < 4.78 is 5.29. The van der Waals surface area contributed by atoms with E-state index in [1.165, 1.54) is 32.1 Å². The van der Waals surface area contributed by atoms with Crippen molar-refractivity contribution in [3.8, 4) is 0 Å². The van der Waals surface area contributed by atoms with Crippen molar-refractivity contribution in [2.45, 2.75) is 98.3 Å². The van der Waals surface area contributed by atoms with Gasteiger partial charge in [-0.15, -0.1) is 0 Å². The van der Waals surface area contributed by atoms with E-state index in [1.54, 1.807) is 0 Å². The number of hydrogen-bond donors (Lipinski definition) is 2. The van der Waals surface area contributed by atoms with E-state index in [0.717, 1.165) is 12.5 Å². The third-order valence-corrected chi connectivity index (χ3v) is 5.22. The van der Waals surface area contributed by atoms with Gasteiger partial charge in [0.2, 0.25) is 0 Å². The smallest absolute Gasteiger partial charge is 0.407 e. The van der Waals surface area contributed by atoms with Crippen molar-refractivity contribution in [1.82, 2.24) is 10.6 Å². The second-order valence-corrected chi connectivity index (χ2v) is 8.85. The molecule has 1 aliphatic carbocycles. The summed E-state index contributed by atoms with van der Waals surface area (Å²) in [4.78, 5) is 11.7. The summed E-state index contributed by atoms with van der Waals surface area (Å²) in [5, 5.41) is 6.50. The number of carbonyl (C=O) groups excluding carboxylic acids is 1. The fourth-order valence-electron chi connectivity index (χ4n) is 3.27. The monoisotopic (exact) mass is 326 g/mol. The molecule has 0 aliphatic heterocycles. The number of amides is 1. The summed E-state index contributed by atoms with van der Waals surface area (Å²) >= 11 is 0. The van der Waals surface area contributed by atoms with E-state index in [1.807, 2.05) is 27.7 Å². The Morgan fingerprint density at radius 3 is 2.17 bits per heavy atom. The number of carbonyl (C=O) groups is 1. The van der Waals surface area contributed by atoms with Crippen molar-refractivity contribution in [3.63, 3.8) is 0 Å². The molecule has 0 aromatic heterocycles. The Morgan fingerprint density at radius 2 is 1.70 bits per heavy atom. The van der Waals surface area contributed by atoms with Crippen LogP contribution in [0.2, 0.25) is 0 Å². The van der Waals surface area contributed by atoms with E-state index in [0.29, 0.717) is 11.5 Å². The molecular formula is C19H38N2O2. The Kier molecular flexibility index (Phi) is 7.37. The lowest BCUT2D eigenvalue weighted by Crippen LogP contribution is -2.46. The van der Waals surface area contributed by atoms with Crippen LogP contribution in [0.4, 0.5) is 4.79 Å². The van der Waals surface area contributed by atoms with Crippen LogP contribution < -0.4 is 10.6 Å². The molecule has 0 saturated heterocycles. The molecule has 0 aromatic rings. The zero-order valence-corrected chi connectivity index (χ0v) is 16.3. The van der Waals surface area contributed by atoms with Crippen LogP contribution in [0.25, 0.3) is 0 Å². The average molecular weight is 327 g/mol. The second kappa shape index (κ2) is 8.36. The number of alkyl carbamates (subject to hydrolysis) is 1. The highest BCUT2D eigenvalue weighted by Crippen LogP contribution is 2.40. The summed E-state index contributed by atoms with van der Waals surface area (Å²) in [6.45, 7) is 15.6. The molecule has 1 atom stereocenters. The molecule has 0 aromatic carbocycles. The molecule has 0 bridgehead atoms. The summed E-state index contributed by atoms with van der Waals surface area (Å²) in [5.41, 5.74) is 0.0260. The molecule has 136 valence electrons. The molecule has 0 radical (unpaired) electrons. The van der Waals surface area contributed by atoms with Gasteiger partial charge in [0.15, 0.2) is 0 Å². The Morgan fingerprint density at radius 1 is 1.13 bits per heavy atom. The van der Waals surface area contributed by atoms with Gasteiger partial charge in [0, 0.05) is 18.6 Å². The third kappa shape index (κ3) is 7.56. The topological polar surface area (TPSA) is 50.4 Å². The first-order valence-electron chi connectivity index (χ1n) is 9.26. The zero-order chi connectivity index (χ0) is 17.7. The fourth-order valence-corrected chi connectivity index (χ4v) is 3.27. The quantitative estimate of drug-likeness (QED) is 0.756. The fraction of sp³-hybridized carbons (Fsp3) is 0.947. The van der Waals surface area contributed by atoms with Gasteiger partial charge in [-0.3, -0.25) is 0 Å². The summed E-state index contributed by atoms with van der Waals surface area (Å²) in [5.74, 6) is 0.850. The summed E-state index contributed by atoms with van der Waals surface area (Å²) in [6, 6.07) is 0.663. The van der Waals surface area contributed by atoms with E-state index in [-0.39, 0.29) is 12.1 Å². The van der Waals surface area contributed by atoms with Crippen LogP contribution in [-0.4, -0.2) is 30.3 Å². The standard InChI is InChI=1S/C19H38N2O2/c1-8-19(6,7)15-9-11-16(12-10-15)20-13-14(2)21-17(22)23-18(3,4)5/h14-16,20H,8-13H2,1-7H3,(H,21,22). The van der Waals surface area contributed by atoms with Gasteiger partial charge in [0.05, 0.1) is 0 Å². The van der Waals surface area contributed by atoms with Crippen LogP contribution >= 0.6 is 0 Å². The number of rotatable bonds is 6. The number of hydrogen-bond acceptors (Lipinski definition) is 3. The van der Waals surface area contributed by atoms with E-state index < -0.39 is 5.60 Å². The average Bonchev–Trinajstić information content (AvgIpc) is 2.43. The first-order valence-corrected chi connectivity index (χ1v) is 9.26. The lowest BCUT2D eigenvalue weighted by atomic mass is 9.69. The lowest BCUT2D eigenvalue weighted by Gasteiger charge is -2.39. The van der Waals surface area contributed by atoms with Crippen LogP contribution in [0.1, 0.15) is 80.6 Å². The molecule has 23 heavy (non-hydrogen) atoms. The van der Waals surface area contributed by atoms with Crippen molar-refractivity contribution in [2.24, 2.45) is 11.3 Å². The number of nitrogens with one attached hydrogen (secondary N) is 2. The van der Waals surface area contributed by atoms with Gasteiger partial charge in [0.25, 0.3) is 0 Å². The number of ether oxygens (including phenoxy) is 1. The maximum Gasteiger partial charge on any atom is 0.407 e. The minimum atomic E-state index is -0.443. The van der Waals surface area contributed by atoms with Gasteiger partial charge in [-0.2, -0.15) is 0 Å². The molecule has 1 saturated carbocycles. The first-order chi connectivity index (χ1) is 10.5. The van der Waals surface area contributed by atoms with Gasteiger partial charge in [-0.25, -0.2) is 4.79 Å². The Balaban J connectivity index is 2.25. The first kappa shape index (κ1) is 20.3. The van der Waals surface area contributed by atoms with Crippen molar-refractivity contribution >= 4 is 6.09 Å². The SMILES string of the molecule is CCC(C)(C)C1CCC(NCC(C)NC(=O)OC(C)(C)C)CC1. The molecule has 4 nitrogen and oxygen atoms in total. The molecule has 0 heterocycles. The summed E-state index contributed by atoms with van der Waals surface area (Å²) in [6.07, 6.45) is 6.03. The molecule has 0 spiro atoms. The highest BCUT2D eigenvalue weighted by atomic mass is 16.6. The van der Waals surface area contributed by atoms with Crippen LogP contribution in [0, 0.1) is 11.3 Å². The molecule has 2 N–H and O–H groups in total. The molecule has 1 rings (SSSR count). The van der Waals surface area contributed by atoms with E-state index in [4.69, 9.17) is 4.74 Å². The normalized spacial score (nSPS) is 24.1. The van der Waals surface area contributed by atoms with E-state index in [2.05, 4.69) is 31.4 Å². The van der Waals surface area contributed by atoms with Gasteiger partial charge in [-0.1, -0.05) is 27.2 Å². The van der Waals surface area contributed by atoms with Crippen molar-refractivity contribution in [1.29, 1.82) is 0 Å². The highest BCUT2D eigenvalue weighted by molar-refractivity contribution is 5.68. The molecule has 1 aliphatic rings. The second-order valence-electron chi connectivity index (χ2n) is 8.85. The predicted molar refractivity (Wildman–Crippen MR) is 96.7 cm³/mol. The maximum atomic E-state index is 11.7. The minimum Gasteiger partial charge on any atom is -0.444 e. The summed E-state index contributed by atoms with van der Waals surface area (Å²) in [7, 11) is 0. The maximum absolute atomic E-state index is 11.7. The minimum absolute atomic E-state index is 0.0784. The Labute approximate surface area is 143 Å². The van der Waals surface area contributed by atoms with Crippen molar-refractivity contribution in [2.75, 3.05) is 6.54 Å². The Bertz CT molecular complexity index is 366. The van der Waals surface area contributed by atoms with Crippen LogP contribution in [0.5, 0.6) is 0 Å². The Hall–Kier alpha value is -0.770. The largest absolute Gasteiger partial charge is 0.444 e. The van der Waals surface area contributed by atoms with Gasteiger partial charge >= 0.3 is 6.09 Å². The predicted octanol–water partition coefficient (Wildman–Crippen LogP) is 4.48. The van der Waals surface area contributed by atoms with Crippen molar-refractivity contribution in [3.05, 3.63) is 0 Å². The van der Waals surface area contributed by atoms with Crippen molar-refractivity contribution < 1.29 is 9.53 Å². The van der Waals surface area contributed by atoms with E-state index >= 15 is 0 Å². The van der Waals surface area contributed by atoms with E-state index in [9.17, 15) is 4.79 Å². The molecule has 1 amide bonds. The molecular weight excluding hydrogens is 288 g/mol. The third-order valence-electron chi connectivity index (χ3n) is 5.22. The highest BCUT2D eigenvalue weighted by Gasteiger charge is 2.31. The van der Waals surface area contributed by atoms with Gasteiger partial charge in [0.1, 0.15) is 5.60 Å².